The van der Waals surface area contributed by atoms with E-state index in [-0.39, 0.29) is 6.04 Å². The molecule has 0 aliphatic heterocycles. The lowest BCUT2D eigenvalue weighted by Crippen LogP contribution is -2.18. The first-order valence-corrected chi connectivity index (χ1v) is 8.40. The Hall–Kier alpha value is -2.64. The van der Waals surface area contributed by atoms with Crippen LogP contribution in [0.3, 0.4) is 0 Å². The highest BCUT2D eigenvalue weighted by atomic mass is 15.5. The van der Waals surface area contributed by atoms with Crippen molar-refractivity contribution in [3.05, 3.63) is 18.5 Å². The zero-order valence-corrected chi connectivity index (χ0v) is 14.1. The summed E-state index contributed by atoms with van der Waals surface area (Å²) in [6, 6.07) is 2.67. The Balaban J connectivity index is 1.62. The molecule has 1 atom stereocenters. The molecule has 0 saturated heterocycles. The van der Waals surface area contributed by atoms with Crippen LogP contribution in [0.2, 0.25) is 0 Å². The topological polar surface area (TPSA) is 96.3 Å². The van der Waals surface area contributed by atoms with Gasteiger partial charge in [0.1, 0.15) is 11.5 Å². The molecule has 3 heterocycles. The van der Waals surface area contributed by atoms with Crippen molar-refractivity contribution in [2.45, 2.75) is 45.7 Å². The van der Waals surface area contributed by atoms with E-state index in [4.69, 9.17) is 0 Å². The van der Waals surface area contributed by atoms with Crippen LogP contribution < -0.4 is 10.6 Å². The molecular formula is C16H22N8. The lowest BCUT2D eigenvalue weighted by molar-refractivity contribution is 0.514. The number of H-pyrrole nitrogens is 1. The Bertz CT molecular complexity index is 845. The average Bonchev–Trinajstić information content (AvgIpc) is 3.10. The van der Waals surface area contributed by atoms with E-state index in [0.29, 0.717) is 17.8 Å². The van der Waals surface area contributed by atoms with Crippen molar-refractivity contribution in [1.29, 1.82) is 0 Å². The van der Waals surface area contributed by atoms with E-state index in [2.05, 4.69) is 56.7 Å². The Morgan fingerprint density at radius 3 is 2.79 bits per heavy atom. The van der Waals surface area contributed by atoms with Crippen LogP contribution >= 0.6 is 0 Å². The molecule has 1 aliphatic rings. The van der Waals surface area contributed by atoms with E-state index in [9.17, 15) is 0 Å². The standard InChI is InChI=1S/C16H22N8/c1-9(2)24-8-13(22-23-24)19-16-20-14-12(6-7-17-14)15(21-16)18-10(3)11-4-5-11/h6-11H,4-5H2,1-3H3,(H3,17,18,19,20,21). The smallest absolute Gasteiger partial charge is 0.232 e. The monoisotopic (exact) mass is 326 g/mol. The van der Waals surface area contributed by atoms with Crippen molar-refractivity contribution in [1.82, 2.24) is 29.9 Å². The fraction of sp³-hybridized carbons (Fsp3) is 0.500. The van der Waals surface area contributed by atoms with Crippen molar-refractivity contribution in [3.63, 3.8) is 0 Å². The molecule has 1 saturated carbocycles. The van der Waals surface area contributed by atoms with Crippen molar-refractivity contribution in [2.24, 2.45) is 5.92 Å². The first kappa shape index (κ1) is 14.9. The summed E-state index contributed by atoms with van der Waals surface area (Å²) >= 11 is 0. The van der Waals surface area contributed by atoms with E-state index in [0.717, 1.165) is 22.8 Å². The average molecular weight is 326 g/mol. The SMILES string of the molecule is CC(Nc1nc(Nc2cn(C(C)C)nn2)nc2[nH]ccc12)C1CC1. The molecule has 0 bridgehead atoms. The third kappa shape index (κ3) is 2.91. The minimum Gasteiger partial charge on any atom is -0.367 e. The summed E-state index contributed by atoms with van der Waals surface area (Å²) in [6.07, 6.45) is 6.32. The molecular weight excluding hydrogens is 304 g/mol. The van der Waals surface area contributed by atoms with Gasteiger partial charge in [0.25, 0.3) is 0 Å². The van der Waals surface area contributed by atoms with Gasteiger partial charge in [-0.25, -0.2) is 4.68 Å². The van der Waals surface area contributed by atoms with Gasteiger partial charge < -0.3 is 15.6 Å². The van der Waals surface area contributed by atoms with E-state index < -0.39 is 0 Å². The zero-order valence-electron chi connectivity index (χ0n) is 14.1. The minimum absolute atomic E-state index is 0.261. The van der Waals surface area contributed by atoms with Gasteiger partial charge in [0.15, 0.2) is 5.82 Å². The summed E-state index contributed by atoms with van der Waals surface area (Å²) in [5.74, 6) is 2.73. The maximum Gasteiger partial charge on any atom is 0.232 e. The van der Waals surface area contributed by atoms with Gasteiger partial charge in [0.05, 0.1) is 11.6 Å². The maximum atomic E-state index is 4.64. The van der Waals surface area contributed by atoms with Gasteiger partial charge in [-0.2, -0.15) is 9.97 Å². The van der Waals surface area contributed by atoms with Crippen LogP contribution in [0.25, 0.3) is 11.0 Å². The summed E-state index contributed by atoms with van der Waals surface area (Å²) in [6.45, 7) is 6.32. The molecule has 0 amide bonds. The molecule has 1 fully saturated rings. The predicted octanol–water partition coefficient (Wildman–Crippen LogP) is 3.08. The van der Waals surface area contributed by atoms with Crippen LogP contribution in [-0.4, -0.2) is 36.0 Å². The fourth-order valence-corrected chi connectivity index (χ4v) is 2.74. The third-order valence-corrected chi connectivity index (χ3v) is 4.39. The number of aromatic amines is 1. The van der Waals surface area contributed by atoms with Crippen LogP contribution in [0.4, 0.5) is 17.6 Å². The van der Waals surface area contributed by atoms with E-state index in [1.54, 1.807) is 4.68 Å². The largest absolute Gasteiger partial charge is 0.367 e. The van der Waals surface area contributed by atoms with E-state index >= 15 is 0 Å². The summed E-state index contributed by atoms with van der Waals surface area (Å²) < 4.78 is 1.80. The number of fused-ring (bicyclic) bond motifs is 1. The fourth-order valence-electron chi connectivity index (χ4n) is 2.74. The minimum atomic E-state index is 0.261. The molecule has 3 N–H and O–H groups in total. The summed E-state index contributed by atoms with van der Waals surface area (Å²) in [7, 11) is 0. The van der Waals surface area contributed by atoms with Gasteiger partial charge in [0, 0.05) is 18.3 Å². The normalized spacial score (nSPS) is 15.8. The lowest BCUT2D eigenvalue weighted by Gasteiger charge is -2.15. The van der Waals surface area contributed by atoms with Gasteiger partial charge in [-0.15, -0.1) is 5.10 Å². The third-order valence-electron chi connectivity index (χ3n) is 4.39. The maximum absolute atomic E-state index is 4.64. The number of hydrogen-bond acceptors (Lipinski definition) is 6. The number of rotatable bonds is 6. The van der Waals surface area contributed by atoms with Crippen LogP contribution in [0.1, 0.15) is 39.7 Å². The van der Waals surface area contributed by atoms with Crippen molar-refractivity contribution >= 4 is 28.6 Å². The number of anilines is 3. The second kappa shape index (κ2) is 5.77. The highest BCUT2D eigenvalue weighted by Gasteiger charge is 2.28. The number of hydrogen-bond donors (Lipinski definition) is 3. The van der Waals surface area contributed by atoms with Crippen molar-refractivity contribution < 1.29 is 0 Å². The highest BCUT2D eigenvalue weighted by Crippen LogP contribution is 2.34. The van der Waals surface area contributed by atoms with E-state index in [1.807, 2.05) is 18.5 Å². The molecule has 126 valence electrons. The quantitative estimate of drug-likeness (QED) is 0.644. The Morgan fingerprint density at radius 2 is 2.08 bits per heavy atom. The molecule has 3 aromatic rings. The summed E-state index contributed by atoms with van der Waals surface area (Å²) in [5, 5.41) is 15.9. The molecule has 3 aromatic heterocycles. The van der Waals surface area contributed by atoms with Gasteiger partial charge in [0.2, 0.25) is 5.95 Å². The molecule has 8 heteroatoms. The second-order valence-electron chi connectivity index (χ2n) is 6.71. The molecule has 1 aliphatic carbocycles. The Morgan fingerprint density at radius 1 is 1.25 bits per heavy atom. The molecule has 0 aromatic carbocycles. The number of nitrogens with zero attached hydrogens (tertiary/aromatic N) is 5. The predicted molar refractivity (Wildman–Crippen MR) is 93.4 cm³/mol. The van der Waals surface area contributed by atoms with Gasteiger partial charge in [-0.3, -0.25) is 0 Å². The number of aromatic nitrogens is 6. The molecule has 0 radical (unpaired) electrons. The highest BCUT2D eigenvalue weighted by molar-refractivity contribution is 5.88. The van der Waals surface area contributed by atoms with Crippen LogP contribution in [-0.2, 0) is 0 Å². The van der Waals surface area contributed by atoms with E-state index in [1.165, 1.54) is 12.8 Å². The van der Waals surface area contributed by atoms with Crippen molar-refractivity contribution in [3.8, 4) is 0 Å². The lowest BCUT2D eigenvalue weighted by atomic mass is 10.2. The Kier molecular flexibility index (Phi) is 3.59. The summed E-state index contributed by atoms with van der Waals surface area (Å²) in [4.78, 5) is 12.3. The molecule has 1 unspecified atom stereocenters. The van der Waals surface area contributed by atoms with Gasteiger partial charge in [-0.05, 0) is 45.6 Å². The molecule has 4 rings (SSSR count). The first-order chi connectivity index (χ1) is 11.6. The zero-order chi connectivity index (χ0) is 16.7. The van der Waals surface area contributed by atoms with Crippen LogP contribution in [0, 0.1) is 5.92 Å². The van der Waals surface area contributed by atoms with Crippen molar-refractivity contribution in [2.75, 3.05) is 10.6 Å². The molecule has 24 heavy (non-hydrogen) atoms. The van der Waals surface area contributed by atoms with Crippen LogP contribution in [0.5, 0.6) is 0 Å². The second-order valence-corrected chi connectivity index (χ2v) is 6.71. The molecule has 8 nitrogen and oxygen atoms in total. The number of nitrogens with one attached hydrogen (secondary N) is 3. The summed E-state index contributed by atoms with van der Waals surface area (Å²) in [5.41, 5.74) is 0.800. The first-order valence-electron chi connectivity index (χ1n) is 8.40. The van der Waals surface area contributed by atoms with Gasteiger partial charge in [-0.1, -0.05) is 5.21 Å². The Labute approximate surface area is 140 Å². The van der Waals surface area contributed by atoms with Crippen LogP contribution in [0.15, 0.2) is 18.5 Å². The molecule has 0 spiro atoms. The van der Waals surface area contributed by atoms with Gasteiger partial charge >= 0.3 is 0 Å².